The maximum atomic E-state index is 12.6. The number of fused-ring (bicyclic) bond motifs is 1. The van der Waals surface area contributed by atoms with Crippen LogP contribution in [-0.4, -0.2) is 23.0 Å². The van der Waals surface area contributed by atoms with E-state index in [1.807, 2.05) is 30.3 Å². The number of guanidine groups is 1. The second kappa shape index (κ2) is 7.69. The van der Waals surface area contributed by atoms with Crippen molar-refractivity contribution in [2.75, 3.05) is 7.05 Å². The van der Waals surface area contributed by atoms with E-state index in [4.69, 9.17) is 0 Å². The third-order valence-corrected chi connectivity index (χ3v) is 4.48. The molecule has 0 aliphatic carbocycles. The highest BCUT2D eigenvalue weighted by atomic mass is 32.1. The monoisotopic (exact) mass is 379 g/mol. The molecule has 3 aromatic rings. The van der Waals surface area contributed by atoms with Gasteiger partial charge in [-0.3, -0.25) is 9.98 Å². The minimum absolute atomic E-state index is 0.161. The number of nitrogens with zero attached hydrogens (tertiary/aromatic N) is 3. The number of hydrogen-bond acceptors (Lipinski definition) is 4. The first-order valence-electron chi connectivity index (χ1n) is 7.76. The molecule has 1 aromatic carbocycles. The van der Waals surface area contributed by atoms with Crippen molar-refractivity contribution in [1.82, 2.24) is 20.6 Å². The predicted octanol–water partition coefficient (Wildman–Crippen LogP) is 3.58. The van der Waals surface area contributed by atoms with Gasteiger partial charge >= 0.3 is 6.18 Å². The highest BCUT2D eigenvalue weighted by molar-refractivity contribution is 7.09. The maximum absolute atomic E-state index is 12.6. The summed E-state index contributed by atoms with van der Waals surface area (Å²) in [6.45, 7) is 0.647. The fraction of sp³-hybridized carbons (Fsp3) is 0.235. The molecule has 5 nitrogen and oxygen atoms in total. The van der Waals surface area contributed by atoms with Crippen molar-refractivity contribution in [3.63, 3.8) is 0 Å². The van der Waals surface area contributed by atoms with E-state index < -0.39 is 11.9 Å². The van der Waals surface area contributed by atoms with Gasteiger partial charge in [0, 0.05) is 30.6 Å². The Balaban J connectivity index is 1.61. The van der Waals surface area contributed by atoms with Crippen LogP contribution in [0.3, 0.4) is 0 Å². The van der Waals surface area contributed by atoms with Crippen molar-refractivity contribution in [2.45, 2.75) is 19.3 Å². The molecule has 2 aromatic heterocycles. The van der Waals surface area contributed by atoms with E-state index in [1.54, 1.807) is 13.2 Å². The third kappa shape index (κ3) is 4.29. The van der Waals surface area contributed by atoms with Crippen molar-refractivity contribution >= 4 is 28.2 Å². The van der Waals surface area contributed by atoms with Crippen LogP contribution in [0.1, 0.15) is 16.3 Å². The predicted molar refractivity (Wildman–Crippen MR) is 95.9 cm³/mol. The highest BCUT2D eigenvalue weighted by Crippen LogP contribution is 2.29. The number of halogens is 3. The number of hydrogen-bond donors (Lipinski definition) is 2. The number of benzene rings is 1. The van der Waals surface area contributed by atoms with Crippen molar-refractivity contribution < 1.29 is 13.2 Å². The molecule has 2 N–H and O–H groups in total. The molecule has 0 unspecified atom stereocenters. The molecule has 0 atom stereocenters. The lowest BCUT2D eigenvalue weighted by Crippen LogP contribution is -2.36. The van der Waals surface area contributed by atoms with Crippen LogP contribution in [0, 0.1) is 0 Å². The Morgan fingerprint density at radius 3 is 2.65 bits per heavy atom. The summed E-state index contributed by atoms with van der Waals surface area (Å²) in [5.41, 5.74) is 1.02. The van der Waals surface area contributed by atoms with E-state index in [1.165, 1.54) is 0 Å². The van der Waals surface area contributed by atoms with Crippen LogP contribution >= 0.6 is 11.3 Å². The minimum atomic E-state index is -4.42. The number of alkyl halides is 3. The van der Waals surface area contributed by atoms with Crippen LogP contribution in [0.4, 0.5) is 13.2 Å². The summed E-state index contributed by atoms with van der Waals surface area (Å²) in [5, 5.41) is 8.49. The summed E-state index contributed by atoms with van der Waals surface area (Å²) in [7, 11) is 1.60. The van der Waals surface area contributed by atoms with Gasteiger partial charge in [0.25, 0.3) is 0 Å². The molecular weight excluding hydrogens is 363 g/mol. The second-order valence-corrected chi connectivity index (χ2v) is 6.34. The molecule has 0 radical (unpaired) electrons. The Morgan fingerprint density at radius 1 is 1.15 bits per heavy atom. The van der Waals surface area contributed by atoms with Crippen LogP contribution in [0.2, 0.25) is 0 Å². The molecule has 0 spiro atoms. The zero-order valence-electron chi connectivity index (χ0n) is 13.8. The highest BCUT2D eigenvalue weighted by Gasteiger charge is 2.33. The van der Waals surface area contributed by atoms with Crippen molar-refractivity contribution in [2.24, 2.45) is 4.99 Å². The Labute approximate surface area is 152 Å². The number of pyridine rings is 1. The number of thiazole rings is 1. The summed E-state index contributed by atoms with van der Waals surface area (Å²) in [4.78, 5) is 12.1. The van der Waals surface area contributed by atoms with Gasteiger partial charge in [0.1, 0.15) is 5.01 Å². The second-order valence-electron chi connectivity index (χ2n) is 5.40. The maximum Gasteiger partial charge on any atom is 0.434 e. The molecule has 0 amide bonds. The molecule has 0 aliphatic heterocycles. The van der Waals surface area contributed by atoms with E-state index in [-0.39, 0.29) is 6.54 Å². The first-order valence-corrected chi connectivity index (χ1v) is 8.64. The Kier molecular flexibility index (Phi) is 5.36. The fourth-order valence-corrected chi connectivity index (χ4v) is 3.13. The van der Waals surface area contributed by atoms with Crippen LogP contribution < -0.4 is 10.6 Å². The normalized spacial score (nSPS) is 12.4. The zero-order chi connectivity index (χ0) is 18.6. The minimum Gasteiger partial charge on any atom is -0.352 e. The lowest BCUT2D eigenvalue weighted by Gasteiger charge is -2.12. The largest absolute Gasteiger partial charge is 0.434 e. The van der Waals surface area contributed by atoms with Gasteiger partial charge in [-0.25, -0.2) is 4.98 Å². The molecule has 2 heterocycles. The lowest BCUT2D eigenvalue weighted by atomic mass is 10.1. The van der Waals surface area contributed by atoms with E-state index in [9.17, 15) is 13.2 Å². The standard InChI is InChI=1S/C17H16F3N5S/c1-21-16(24-9-14-25-13(10-26-14)17(18,19)20)23-8-12-5-2-4-11-6-3-7-22-15(11)12/h2-7,10H,8-9H2,1H3,(H2,21,23,24). The van der Waals surface area contributed by atoms with Gasteiger partial charge in [0.2, 0.25) is 0 Å². The topological polar surface area (TPSA) is 62.2 Å². The van der Waals surface area contributed by atoms with Gasteiger partial charge in [-0.05, 0) is 11.6 Å². The molecule has 0 saturated heterocycles. The molecule has 0 saturated carbocycles. The third-order valence-electron chi connectivity index (χ3n) is 3.64. The fourth-order valence-electron chi connectivity index (χ4n) is 2.39. The summed E-state index contributed by atoms with van der Waals surface area (Å²) < 4.78 is 37.8. The molecule has 0 bridgehead atoms. The number of para-hydroxylation sites is 1. The number of rotatable bonds is 4. The smallest absolute Gasteiger partial charge is 0.352 e. The molecular formula is C17H16F3N5S. The summed E-state index contributed by atoms with van der Waals surface area (Å²) in [6, 6.07) is 9.76. The first kappa shape index (κ1) is 18.1. The lowest BCUT2D eigenvalue weighted by molar-refractivity contribution is -0.140. The van der Waals surface area contributed by atoms with Crippen LogP contribution in [0.25, 0.3) is 10.9 Å². The van der Waals surface area contributed by atoms with E-state index in [2.05, 4.69) is 25.6 Å². The molecule has 26 heavy (non-hydrogen) atoms. The van der Waals surface area contributed by atoms with E-state index in [0.29, 0.717) is 17.5 Å². The number of aliphatic imine (C=N–C) groups is 1. The average Bonchev–Trinajstić information content (AvgIpc) is 3.11. The molecule has 0 fully saturated rings. The van der Waals surface area contributed by atoms with Gasteiger partial charge in [-0.15, -0.1) is 11.3 Å². The van der Waals surface area contributed by atoms with Crippen molar-refractivity contribution in [1.29, 1.82) is 0 Å². The first-order chi connectivity index (χ1) is 12.5. The summed E-state index contributed by atoms with van der Waals surface area (Å²) in [6.07, 6.45) is -2.68. The average molecular weight is 379 g/mol. The van der Waals surface area contributed by atoms with Gasteiger partial charge in [0.05, 0.1) is 12.1 Å². The van der Waals surface area contributed by atoms with Crippen LogP contribution in [0.5, 0.6) is 0 Å². The van der Waals surface area contributed by atoms with Crippen molar-refractivity contribution in [3.05, 3.63) is 58.2 Å². The molecule has 3 rings (SSSR count). The van der Waals surface area contributed by atoms with Gasteiger partial charge in [-0.1, -0.05) is 24.3 Å². The van der Waals surface area contributed by atoms with Crippen LogP contribution in [0.15, 0.2) is 46.9 Å². The van der Waals surface area contributed by atoms with E-state index in [0.717, 1.165) is 33.2 Å². The number of aromatic nitrogens is 2. The van der Waals surface area contributed by atoms with Gasteiger partial charge in [-0.2, -0.15) is 13.2 Å². The Morgan fingerprint density at radius 2 is 1.92 bits per heavy atom. The quantitative estimate of drug-likeness (QED) is 0.537. The Hall–Kier alpha value is -2.68. The molecule has 136 valence electrons. The zero-order valence-corrected chi connectivity index (χ0v) is 14.7. The molecule has 0 aliphatic rings. The SMILES string of the molecule is CN=C(NCc1nc(C(F)(F)F)cs1)NCc1cccc2cccnc12. The van der Waals surface area contributed by atoms with Crippen LogP contribution in [-0.2, 0) is 19.3 Å². The van der Waals surface area contributed by atoms with Gasteiger partial charge in [0.15, 0.2) is 11.7 Å². The summed E-state index contributed by atoms with van der Waals surface area (Å²) >= 11 is 0.959. The van der Waals surface area contributed by atoms with E-state index >= 15 is 0 Å². The Bertz CT molecular complexity index is 915. The molecule has 9 heteroatoms. The van der Waals surface area contributed by atoms with Crippen molar-refractivity contribution in [3.8, 4) is 0 Å². The summed E-state index contributed by atoms with van der Waals surface area (Å²) in [5.74, 6) is 0.474. The number of nitrogens with one attached hydrogen (secondary N) is 2. The van der Waals surface area contributed by atoms with Gasteiger partial charge < -0.3 is 10.6 Å².